The van der Waals surface area contributed by atoms with E-state index < -0.39 is 30.5 Å². The molecule has 2 atom stereocenters. The molecule has 0 saturated carbocycles. The van der Waals surface area contributed by atoms with E-state index in [2.05, 4.69) is 4.99 Å². The lowest BCUT2D eigenvalue weighted by Crippen LogP contribution is -2.40. The van der Waals surface area contributed by atoms with Crippen LogP contribution in [0.2, 0.25) is 0 Å². The first kappa shape index (κ1) is 23.6. The molecule has 0 spiro atoms. The molecule has 0 aliphatic heterocycles. The van der Waals surface area contributed by atoms with Crippen LogP contribution in [0, 0.1) is 5.92 Å². The molecule has 0 radical (unpaired) electrons. The number of halogens is 3. The Balaban J connectivity index is 2.40. The fourth-order valence-electron chi connectivity index (χ4n) is 3.49. The van der Waals surface area contributed by atoms with Crippen molar-refractivity contribution in [3.8, 4) is 0 Å². The number of nitrogens with zero attached hydrogens (tertiary/aromatic N) is 1. The summed E-state index contributed by atoms with van der Waals surface area (Å²) in [6, 6.07) is 17.2. The van der Waals surface area contributed by atoms with Crippen molar-refractivity contribution in [2.75, 3.05) is 0 Å². The van der Waals surface area contributed by atoms with E-state index in [9.17, 15) is 23.1 Å². The smallest absolute Gasteiger partial charge is 0.389 e. The molecule has 0 N–H and O–H groups in total. The number of carboxylic acid groups (broad SMARTS) is 1. The first-order valence-electron chi connectivity index (χ1n) is 10.3. The zero-order chi connectivity index (χ0) is 22.0. The Labute approximate surface area is 175 Å². The number of hydrogen-bond donors (Lipinski definition) is 0. The summed E-state index contributed by atoms with van der Waals surface area (Å²) in [5.74, 6) is -1.87. The molecule has 3 nitrogen and oxygen atoms in total. The van der Waals surface area contributed by atoms with Gasteiger partial charge in [0, 0.05) is 17.5 Å². The van der Waals surface area contributed by atoms with Gasteiger partial charge in [-0.25, -0.2) is 0 Å². The molecule has 2 aromatic rings. The second kappa shape index (κ2) is 11.5. The monoisotopic (exact) mass is 418 g/mol. The number of alkyl halides is 3. The Bertz CT molecular complexity index is 763. The number of unbranched alkanes of at least 4 members (excludes halogenated alkanes) is 1. The van der Waals surface area contributed by atoms with Gasteiger partial charge in [-0.2, -0.15) is 13.2 Å². The maximum atomic E-state index is 12.6. The fraction of sp³-hybridized carbons (Fsp3) is 0.417. The maximum absolute atomic E-state index is 12.6. The highest BCUT2D eigenvalue weighted by molar-refractivity contribution is 6.13. The van der Waals surface area contributed by atoms with E-state index in [0.717, 1.165) is 24.0 Å². The number of hydrogen-bond acceptors (Lipinski definition) is 3. The molecule has 30 heavy (non-hydrogen) atoms. The Morgan fingerprint density at radius 1 is 0.933 bits per heavy atom. The number of benzene rings is 2. The molecule has 0 amide bonds. The molecule has 0 aliphatic rings. The van der Waals surface area contributed by atoms with Crippen molar-refractivity contribution >= 4 is 11.7 Å². The molecule has 0 aromatic heterocycles. The standard InChI is InChI=1S/C24H28F3NO2/c1-2-3-11-20(16-10-17-24(25,26)27)22(23(29)30)28-21(18-12-6-4-7-13-18)19-14-8-5-9-15-19/h4-9,12-15,20,22H,2-3,10-11,16-17H2,1H3,(H,29,30)/p-1/t20?,22-/m0/s1. The average Bonchev–Trinajstić information content (AvgIpc) is 2.72. The van der Waals surface area contributed by atoms with E-state index in [1.807, 2.05) is 67.6 Å². The predicted molar refractivity (Wildman–Crippen MR) is 110 cm³/mol. The Kier molecular flexibility index (Phi) is 9.09. The summed E-state index contributed by atoms with van der Waals surface area (Å²) in [6.45, 7) is 1.96. The van der Waals surface area contributed by atoms with E-state index in [-0.39, 0.29) is 12.8 Å². The van der Waals surface area contributed by atoms with Crippen LogP contribution in [0.3, 0.4) is 0 Å². The van der Waals surface area contributed by atoms with Gasteiger partial charge in [0.15, 0.2) is 0 Å². The number of carbonyl (C=O) groups is 1. The summed E-state index contributed by atoms with van der Waals surface area (Å²) >= 11 is 0. The van der Waals surface area contributed by atoms with Crippen molar-refractivity contribution in [3.05, 3.63) is 71.8 Å². The van der Waals surface area contributed by atoms with Crippen LogP contribution in [0.1, 0.15) is 56.6 Å². The van der Waals surface area contributed by atoms with Gasteiger partial charge in [-0.05, 0) is 25.2 Å². The maximum Gasteiger partial charge on any atom is 0.389 e. The molecule has 2 aromatic carbocycles. The van der Waals surface area contributed by atoms with Gasteiger partial charge < -0.3 is 9.90 Å². The summed E-state index contributed by atoms with van der Waals surface area (Å²) in [7, 11) is 0. The molecule has 0 fully saturated rings. The zero-order valence-corrected chi connectivity index (χ0v) is 17.1. The lowest BCUT2D eigenvalue weighted by molar-refractivity contribution is -0.308. The van der Waals surface area contributed by atoms with Crippen LogP contribution in [0.25, 0.3) is 0 Å². The molecule has 0 aliphatic carbocycles. The van der Waals surface area contributed by atoms with E-state index in [1.54, 1.807) is 0 Å². The van der Waals surface area contributed by atoms with Gasteiger partial charge in [0.1, 0.15) is 0 Å². The SMILES string of the molecule is CCCCC(CCCC(F)(F)F)[C@H](N=C(c1ccccc1)c1ccccc1)C(=O)[O-]. The van der Waals surface area contributed by atoms with E-state index in [0.29, 0.717) is 12.1 Å². The summed E-state index contributed by atoms with van der Waals surface area (Å²) in [4.78, 5) is 16.6. The third-order valence-corrected chi connectivity index (χ3v) is 5.01. The molecule has 162 valence electrons. The lowest BCUT2D eigenvalue weighted by atomic mass is 9.88. The first-order valence-corrected chi connectivity index (χ1v) is 10.3. The number of carbonyl (C=O) groups excluding carboxylic acids is 1. The summed E-state index contributed by atoms with van der Waals surface area (Å²) in [5, 5.41) is 12.0. The average molecular weight is 418 g/mol. The Hall–Kier alpha value is -2.63. The Morgan fingerprint density at radius 2 is 1.43 bits per heavy atom. The highest BCUT2D eigenvalue weighted by Crippen LogP contribution is 2.28. The van der Waals surface area contributed by atoms with Gasteiger partial charge >= 0.3 is 6.18 Å². The van der Waals surface area contributed by atoms with Crippen molar-refractivity contribution in [2.24, 2.45) is 10.9 Å². The lowest BCUT2D eigenvalue weighted by Gasteiger charge is -2.26. The highest BCUT2D eigenvalue weighted by atomic mass is 19.4. The molecular formula is C24H27F3NO2-. The molecule has 6 heteroatoms. The van der Waals surface area contributed by atoms with Crippen molar-refractivity contribution in [2.45, 2.75) is 57.7 Å². The van der Waals surface area contributed by atoms with E-state index in [1.165, 1.54) is 0 Å². The zero-order valence-electron chi connectivity index (χ0n) is 17.1. The third-order valence-electron chi connectivity index (χ3n) is 5.01. The first-order chi connectivity index (χ1) is 14.3. The molecule has 1 unspecified atom stereocenters. The van der Waals surface area contributed by atoms with Crippen LogP contribution >= 0.6 is 0 Å². The topological polar surface area (TPSA) is 52.5 Å². The van der Waals surface area contributed by atoms with Crippen molar-refractivity contribution < 1.29 is 23.1 Å². The number of aliphatic carboxylic acids is 1. The van der Waals surface area contributed by atoms with Crippen molar-refractivity contribution in [1.82, 2.24) is 0 Å². The minimum absolute atomic E-state index is 0.122. The van der Waals surface area contributed by atoms with Gasteiger partial charge in [0.25, 0.3) is 0 Å². The molecule has 0 heterocycles. The van der Waals surface area contributed by atoms with Gasteiger partial charge in [-0.3, -0.25) is 4.99 Å². The van der Waals surface area contributed by atoms with Crippen LogP contribution < -0.4 is 5.11 Å². The van der Waals surface area contributed by atoms with Crippen LogP contribution in [0.15, 0.2) is 65.7 Å². The van der Waals surface area contributed by atoms with Crippen LogP contribution in [0.5, 0.6) is 0 Å². The summed E-state index contributed by atoms with van der Waals surface area (Å²) < 4.78 is 37.8. The van der Waals surface area contributed by atoms with E-state index >= 15 is 0 Å². The van der Waals surface area contributed by atoms with Gasteiger partial charge in [0.05, 0.1) is 17.7 Å². The number of rotatable bonds is 11. The second-order valence-electron chi connectivity index (χ2n) is 7.38. The molecule has 0 saturated heterocycles. The highest BCUT2D eigenvalue weighted by Gasteiger charge is 2.29. The quantitative estimate of drug-likeness (QED) is 0.472. The molecule has 2 rings (SSSR count). The minimum Gasteiger partial charge on any atom is -0.548 e. The molecular weight excluding hydrogens is 391 g/mol. The number of aliphatic imine (C=N–C) groups is 1. The van der Waals surface area contributed by atoms with Gasteiger partial charge in [0.2, 0.25) is 0 Å². The predicted octanol–water partition coefficient (Wildman–Crippen LogP) is 5.18. The number of carboxylic acids is 1. The van der Waals surface area contributed by atoms with Crippen LogP contribution in [-0.2, 0) is 4.79 Å². The van der Waals surface area contributed by atoms with Gasteiger partial charge in [-0.1, -0.05) is 80.4 Å². The summed E-state index contributed by atoms with van der Waals surface area (Å²) in [6.07, 6.45) is -3.13. The largest absolute Gasteiger partial charge is 0.548 e. The van der Waals surface area contributed by atoms with Crippen LogP contribution in [-0.4, -0.2) is 23.9 Å². The van der Waals surface area contributed by atoms with Crippen molar-refractivity contribution in [3.63, 3.8) is 0 Å². The minimum atomic E-state index is -4.26. The fourth-order valence-corrected chi connectivity index (χ4v) is 3.49. The van der Waals surface area contributed by atoms with Gasteiger partial charge in [-0.15, -0.1) is 0 Å². The van der Waals surface area contributed by atoms with E-state index in [4.69, 9.17) is 0 Å². The normalized spacial score (nSPS) is 13.5. The summed E-state index contributed by atoms with van der Waals surface area (Å²) in [5.41, 5.74) is 2.00. The second-order valence-corrected chi connectivity index (χ2v) is 7.38. The Morgan fingerprint density at radius 3 is 1.87 bits per heavy atom. The van der Waals surface area contributed by atoms with Crippen molar-refractivity contribution in [1.29, 1.82) is 0 Å². The van der Waals surface area contributed by atoms with Crippen LogP contribution in [0.4, 0.5) is 13.2 Å². The molecule has 0 bridgehead atoms. The third kappa shape index (κ3) is 7.65.